The zero-order chi connectivity index (χ0) is 9.35. The lowest BCUT2D eigenvalue weighted by Crippen LogP contribution is -2.15. The van der Waals surface area contributed by atoms with E-state index in [-0.39, 0.29) is 24.2 Å². The van der Waals surface area contributed by atoms with Crippen molar-refractivity contribution in [3.05, 3.63) is 23.0 Å². The first-order valence-electron chi connectivity index (χ1n) is 3.58. The predicted molar refractivity (Wildman–Crippen MR) is 38.7 cm³/mol. The number of hydrogen-bond donors (Lipinski definition) is 1. The monoisotopic (exact) mass is 178 g/mol. The van der Waals surface area contributed by atoms with E-state index >= 15 is 0 Å². The molecule has 1 N–H and O–H groups in total. The van der Waals surface area contributed by atoms with Gasteiger partial charge in [-0.15, -0.1) is 0 Å². The van der Waals surface area contributed by atoms with Crippen molar-refractivity contribution in [2.45, 2.75) is 25.9 Å². The standard InChI is InChI=1S/C8H9F3O/c1-5-4-6(12)2-3-7(5)8(9,10)11/h4,12H,2-3H2,1H3. The maximum absolute atomic E-state index is 12.2. The van der Waals surface area contributed by atoms with E-state index in [1.165, 1.54) is 13.0 Å². The highest BCUT2D eigenvalue weighted by Crippen LogP contribution is 2.35. The lowest BCUT2D eigenvalue weighted by atomic mass is 9.97. The number of alkyl halides is 3. The third kappa shape index (κ3) is 1.81. The van der Waals surface area contributed by atoms with Crippen molar-refractivity contribution in [3.8, 4) is 0 Å². The predicted octanol–water partition coefficient (Wildman–Crippen LogP) is 3.10. The van der Waals surface area contributed by atoms with Crippen molar-refractivity contribution >= 4 is 0 Å². The summed E-state index contributed by atoms with van der Waals surface area (Å²) in [7, 11) is 0. The Morgan fingerprint density at radius 3 is 2.33 bits per heavy atom. The van der Waals surface area contributed by atoms with Crippen LogP contribution in [0.25, 0.3) is 0 Å². The molecule has 0 spiro atoms. The molecule has 0 heterocycles. The van der Waals surface area contributed by atoms with Crippen molar-refractivity contribution in [2.24, 2.45) is 0 Å². The van der Waals surface area contributed by atoms with Crippen molar-refractivity contribution < 1.29 is 18.3 Å². The average Bonchev–Trinajstić information content (AvgIpc) is 1.83. The number of halogens is 3. The van der Waals surface area contributed by atoms with Gasteiger partial charge in [-0.1, -0.05) is 0 Å². The maximum atomic E-state index is 12.2. The molecule has 0 aromatic carbocycles. The van der Waals surface area contributed by atoms with Crippen molar-refractivity contribution in [2.75, 3.05) is 0 Å². The summed E-state index contributed by atoms with van der Waals surface area (Å²) in [6.45, 7) is 1.36. The molecule has 0 amide bonds. The van der Waals surface area contributed by atoms with Gasteiger partial charge in [0.05, 0.1) is 5.76 Å². The Morgan fingerprint density at radius 1 is 1.33 bits per heavy atom. The smallest absolute Gasteiger partial charge is 0.412 e. The van der Waals surface area contributed by atoms with Gasteiger partial charge in [0.25, 0.3) is 0 Å². The number of aliphatic hydroxyl groups excluding tert-OH is 1. The fourth-order valence-corrected chi connectivity index (χ4v) is 1.22. The molecule has 0 aromatic rings. The summed E-state index contributed by atoms with van der Waals surface area (Å²) in [5, 5.41) is 8.92. The molecule has 0 saturated carbocycles. The molecule has 1 rings (SSSR count). The van der Waals surface area contributed by atoms with Crippen LogP contribution in [-0.2, 0) is 0 Å². The van der Waals surface area contributed by atoms with Gasteiger partial charge in [0.15, 0.2) is 0 Å². The van der Waals surface area contributed by atoms with E-state index in [9.17, 15) is 13.2 Å². The summed E-state index contributed by atoms with van der Waals surface area (Å²) < 4.78 is 36.5. The van der Waals surface area contributed by atoms with E-state index in [0.29, 0.717) is 0 Å². The molecule has 1 aliphatic rings. The molecule has 0 aliphatic heterocycles. The second-order valence-electron chi connectivity index (χ2n) is 2.80. The molecule has 1 nitrogen and oxygen atoms in total. The molecule has 68 valence electrons. The van der Waals surface area contributed by atoms with E-state index in [1.54, 1.807) is 0 Å². The molecule has 0 atom stereocenters. The molecule has 1 aliphatic carbocycles. The molecule has 0 fully saturated rings. The first kappa shape index (κ1) is 9.16. The first-order valence-corrected chi connectivity index (χ1v) is 3.58. The summed E-state index contributed by atoms with van der Waals surface area (Å²) in [6, 6.07) is 0. The highest BCUT2D eigenvalue weighted by Gasteiger charge is 2.35. The Labute approximate surface area is 68.2 Å². The number of rotatable bonds is 0. The zero-order valence-electron chi connectivity index (χ0n) is 6.57. The van der Waals surface area contributed by atoms with E-state index in [2.05, 4.69) is 0 Å². The average molecular weight is 178 g/mol. The van der Waals surface area contributed by atoms with Crippen LogP contribution in [0.4, 0.5) is 13.2 Å². The van der Waals surface area contributed by atoms with Crippen LogP contribution in [0, 0.1) is 0 Å². The van der Waals surface area contributed by atoms with Crippen LogP contribution in [0.3, 0.4) is 0 Å². The van der Waals surface area contributed by atoms with E-state index in [1.807, 2.05) is 0 Å². The van der Waals surface area contributed by atoms with Gasteiger partial charge in [0.1, 0.15) is 0 Å². The molecule has 0 aromatic heterocycles. The highest BCUT2D eigenvalue weighted by atomic mass is 19.4. The Bertz CT molecular complexity index is 248. The quantitative estimate of drug-likeness (QED) is 0.604. The van der Waals surface area contributed by atoms with Gasteiger partial charge in [-0.05, 0) is 25.0 Å². The SMILES string of the molecule is CC1=C(C(F)(F)F)CCC(O)=C1. The number of aliphatic hydroxyl groups is 1. The van der Waals surface area contributed by atoms with Crippen LogP contribution in [0.15, 0.2) is 23.0 Å². The molecule has 12 heavy (non-hydrogen) atoms. The Balaban J connectivity index is 2.98. The lowest BCUT2D eigenvalue weighted by Gasteiger charge is -2.17. The van der Waals surface area contributed by atoms with Crippen LogP contribution < -0.4 is 0 Å². The highest BCUT2D eigenvalue weighted by molar-refractivity contribution is 5.32. The topological polar surface area (TPSA) is 20.2 Å². The summed E-state index contributed by atoms with van der Waals surface area (Å²) >= 11 is 0. The minimum absolute atomic E-state index is 0.0282. The normalized spacial score (nSPS) is 19.5. The van der Waals surface area contributed by atoms with Gasteiger partial charge in [-0.3, -0.25) is 0 Å². The molecule has 0 unspecified atom stereocenters. The van der Waals surface area contributed by atoms with Crippen LogP contribution in [0.1, 0.15) is 19.8 Å². The van der Waals surface area contributed by atoms with Crippen LogP contribution in [-0.4, -0.2) is 11.3 Å². The molecule has 4 heteroatoms. The van der Waals surface area contributed by atoms with Gasteiger partial charge in [0.2, 0.25) is 0 Å². The van der Waals surface area contributed by atoms with E-state index in [0.717, 1.165) is 0 Å². The van der Waals surface area contributed by atoms with Gasteiger partial charge in [-0.2, -0.15) is 13.2 Å². The largest absolute Gasteiger partial charge is 0.512 e. The summed E-state index contributed by atoms with van der Waals surface area (Å²) in [5.74, 6) is 0.0282. The third-order valence-electron chi connectivity index (χ3n) is 1.83. The van der Waals surface area contributed by atoms with Crippen molar-refractivity contribution in [3.63, 3.8) is 0 Å². The first-order chi connectivity index (χ1) is 5.41. The molecular weight excluding hydrogens is 169 g/mol. The Kier molecular flexibility index (Phi) is 2.17. The fourth-order valence-electron chi connectivity index (χ4n) is 1.22. The minimum atomic E-state index is -4.25. The lowest BCUT2D eigenvalue weighted by molar-refractivity contribution is -0.0950. The van der Waals surface area contributed by atoms with Gasteiger partial charge in [0, 0.05) is 12.0 Å². The summed E-state index contributed by atoms with van der Waals surface area (Å²) in [4.78, 5) is 0. The van der Waals surface area contributed by atoms with Crippen LogP contribution in [0.5, 0.6) is 0 Å². The molecule has 0 radical (unpaired) electrons. The van der Waals surface area contributed by atoms with E-state index < -0.39 is 11.7 Å². The van der Waals surface area contributed by atoms with Gasteiger partial charge >= 0.3 is 6.18 Å². The molecule has 0 saturated heterocycles. The second kappa shape index (κ2) is 2.84. The number of allylic oxidation sites excluding steroid dienone is 4. The van der Waals surface area contributed by atoms with Crippen LogP contribution in [0.2, 0.25) is 0 Å². The summed E-state index contributed by atoms with van der Waals surface area (Å²) in [6.07, 6.45) is -3.10. The molecular formula is C8H9F3O. The van der Waals surface area contributed by atoms with Crippen LogP contribution >= 0.6 is 0 Å². The molecule has 0 bridgehead atoms. The summed E-state index contributed by atoms with van der Waals surface area (Å²) in [5.41, 5.74) is -0.411. The van der Waals surface area contributed by atoms with Gasteiger partial charge < -0.3 is 5.11 Å². The van der Waals surface area contributed by atoms with E-state index in [4.69, 9.17) is 5.11 Å². The second-order valence-corrected chi connectivity index (χ2v) is 2.80. The van der Waals surface area contributed by atoms with Crippen molar-refractivity contribution in [1.29, 1.82) is 0 Å². The Morgan fingerprint density at radius 2 is 1.92 bits per heavy atom. The Hall–Kier alpha value is -0.930. The number of hydrogen-bond acceptors (Lipinski definition) is 1. The maximum Gasteiger partial charge on any atom is 0.412 e. The fraction of sp³-hybridized carbons (Fsp3) is 0.500. The zero-order valence-corrected chi connectivity index (χ0v) is 6.57. The van der Waals surface area contributed by atoms with Gasteiger partial charge in [-0.25, -0.2) is 0 Å². The third-order valence-corrected chi connectivity index (χ3v) is 1.83. The minimum Gasteiger partial charge on any atom is -0.512 e. The van der Waals surface area contributed by atoms with Crippen molar-refractivity contribution in [1.82, 2.24) is 0 Å².